The minimum absolute atomic E-state index is 0.0692. The Bertz CT molecular complexity index is 390. The standard InChI is InChI=1S/C7H8F3N3OS/c8-7(9,10)4-3-5(14)13-6(12-4)15-2-1-11/h3H,1-2,11H2,(H,12,13,14). The Morgan fingerprint density at radius 2 is 2.20 bits per heavy atom. The fourth-order valence-corrected chi connectivity index (χ4v) is 1.45. The van der Waals surface area contributed by atoms with E-state index in [4.69, 9.17) is 5.73 Å². The van der Waals surface area contributed by atoms with Crippen LogP contribution in [0.25, 0.3) is 0 Å². The molecule has 0 aliphatic rings. The zero-order valence-electron chi connectivity index (χ0n) is 7.47. The Balaban J connectivity index is 3.01. The van der Waals surface area contributed by atoms with Crippen LogP contribution in [0.1, 0.15) is 5.69 Å². The Kier molecular flexibility index (Phi) is 3.75. The quantitative estimate of drug-likeness (QED) is 0.605. The summed E-state index contributed by atoms with van der Waals surface area (Å²) >= 11 is 0.973. The van der Waals surface area contributed by atoms with E-state index in [1.165, 1.54) is 0 Å². The highest BCUT2D eigenvalue weighted by atomic mass is 32.2. The molecule has 1 heterocycles. The predicted molar refractivity (Wildman–Crippen MR) is 49.6 cm³/mol. The number of nitrogens with one attached hydrogen (secondary N) is 1. The molecule has 0 spiro atoms. The summed E-state index contributed by atoms with van der Waals surface area (Å²) < 4.78 is 36.7. The minimum atomic E-state index is -4.60. The normalized spacial score (nSPS) is 11.7. The third-order valence-corrected chi connectivity index (χ3v) is 2.27. The summed E-state index contributed by atoms with van der Waals surface area (Å²) in [7, 11) is 0. The first-order valence-electron chi connectivity index (χ1n) is 3.95. The SMILES string of the molecule is NCCSc1nc(C(F)(F)F)cc(=O)[nH]1. The molecule has 0 fully saturated rings. The van der Waals surface area contributed by atoms with Gasteiger partial charge in [0.15, 0.2) is 10.9 Å². The van der Waals surface area contributed by atoms with Crippen molar-refractivity contribution in [2.24, 2.45) is 5.73 Å². The molecule has 15 heavy (non-hydrogen) atoms. The van der Waals surface area contributed by atoms with Crippen LogP contribution in [0.15, 0.2) is 16.0 Å². The lowest BCUT2D eigenvalue weighted by atomic mass is 10.4. The van der Waals surface area contributed by atoms with E-state index < -0.39 is 17.4 Å². The van der Waals surface area contributed by atoms with Gasteiger partial charge in [0.1, 0.15) is 0 Å². The lowest BCUT2D eigenvalue weighted by Gasteiger charge is -2.06. The second kappa shape index (κ2) is 4.67. The van der Waals surface area contributed by atoms with Crippen LogP contribution in [0.2, 0.25) is 0 Å². The van der Waals surface area contributed by atoms with E-state index >= 15 is 0 Å². The van der Waals surface area contributed by atoms with Gasteiger partial charge >= 0.3 is 6.18 Å². The number of aromatic nitrogens is 2. The van der Waals surface area contributed by atoms with E-state index in [1.807, 2.05) is 0 Å². The van der Waals surface area contributed by atoms with Crippen molar-refractivity contribution in [2.45, 2.75) is 11.3 Å². The summed E-state index contributed by atoms with van der Waals surface area (Å²) in [6.07, 6.45) is -4.60. The van der Waals surface area contributed by atoms with Gasteiger partial charge in [-0.25, -0.2) is 4.98 Å². The molecule has 0 amide bonds. The highest BCUT2D eigenvalue weighted by molar-refractivity contribution is 7.99. The maximum absolute atomic E-state index is 12.2. The molecular formula is C7H8F3N3OS. The average molecular weight is 239 g/mol. The van der Waals surface area contributed by atoms with Crippen LogP contribution in [-0.2, 0) is 6.18 Å². The molecule has 84 valence electrons. The van der Waals surface area contributed by atoms with Gasteiger partial charge in [-0.15, -0.1) is 0 Å². The zero-order chi connectivity index (χ0) is 11.5. The lowest BCUT2D eigenvalue weighted by Crippen LogP contribution is -2.17. The van der Waals surface area contributed by atoms with Crippen LogP contribution in [0.5, 0.6) is 0 Å². The number of aromatic amines is 1. The summed E-state index contributed by atoms with van der Waals surface area (Å²) in [5.74, 6) is 0.393. The van der Waals surface area contributed by atoms with Crippen LogP contribution in [0, 0.1) is 0 Å². The van der Waals surface area contributed by atoms with Gasteiger partial charge in [0, 0.05) is 18.4 Å². The topological polar surface area (TPSA) is 71.8 Å². The molecule has 1 aromatic rings. The van der Waals surface area contributed by atoms with E-state index in [0.717, 1.165) is 11.8 Å². The number of hydrogen-bond donors (Lipinski definition) is 2. The lowest BCUT2D eigenvalue weighted by molar-refractivity contribution is -0.141. The predicted octanol–water partition coefficient (Wildman–Crippen LogP) is 0.840. The van der Waals surface area contributed by atoms with Crippen molar-refractivity contribution in [1.82, 2.24) is 9.97 Å². The number of nitrogens with two attached hydrogens (primary N) is 1. The Morgan fingerprint density at radius 3 is 2.73 bits per heavy atom. The fraction of sp³-hybridized carbons (Fsp3) is 0.429. The molecule has 0 unspecified atom stereocenters. The van der Waals surface area contributed by atoms with Crippen molar-refractivity contribution in [3.8, 4) is 0 Å². The largest absolute Gasteiger partial charge is 0.433 e. The van der Waals surface area contributed by atoms with Crippen molar-refractivity contribution in [3.63, 3.8) is 0 Å². The van der Waals surface area contributed by atoms with Gasteiger partial charge in [0.05, 0.1) is 0 Å². The van der Waals surface area contributed by atoms with Crippen LogP contribution in [0.3, 0.4) is 0 Å². The third-order valence-electron chi connectivity index (χ3n) is 1.37. The van der Waals surface area contributed by atoms with Gasteiger partial charge in [-0.05, 0) is 0 Å². The monoisotopic (exact) mass is 239 g/mol. The van der Waals surface area contributed by atoms with Gasteiger partial charge in [-0.1, -0.05) is 11.8 Å². The highest BCUT2D eigenvalue weighted by Crippen LogP contribution is 2.27. The minimum Gasteiger partial charge on any atom is -0.330 e. The number of rotatable bonds is 3. The molecule has 0 saturated carbocycles. The summed E-state index contributed by atoms with van der Waals surface area (Å²) in [6, 6.07) is 0.423. The highest BCUT2D eigenvalue weighted by Gasteiger charge is 2.33. The first-order chi connectivity index (χ1) is 6.93. The molecule has 4 nitrogen and oxygen atoms in total. The first-order valence-corrected chi connectivity index (χ1v) is 4.93. The fourth-order valence-electron chi connectivity index (χ4n) is 0.804. The maximum atomic E-state index is 12.2. The van der Waals surface area contributed by atoms with Gasteiger partial charge in [-0.2, -0.15) is 13.2 Å². The van der Waals surface area contributed by atoms with Gasteiger partial charge in [-0.3, -0.25) is 4.79 Å². The van der Waals surface area contributed by atoms with Crippen LogP contribution in [0.4, 0.5) is 13.2 Å². The average Bonchev–Trinajstić information content (AvgIpc) is 2.12. The molecule has 1 rings (SSSR count). The molecule has 0 aliphatic carbocycles. The second-order valence-electron chi connectivity index (χ2n) is 2.57. The second-order valence-corrected chi connectivity index (χ2v) is 3.65. The number of alkyl halides is 3. The van der Waals surface area contributed by atoms with E-state index in [2.05, 4.69) is 9.97 Å². The third kappa shape index (κ3) is 3.56. The molecule has 0 aromatic carbocycles. The van der Waals surface area contributed by atoms with Gasteiger partial charge in [0.2, 0.25) is 0 Å². The van der Waals surface area contributed by atoms with E-state index in [-0.39, 0.29) is 5.16 Å². The van der Waals surface area contributed by atoms with Crippen molar-refractivity contribution < 1.29 is 13.2 Å². The molecule has 0 saturated heterocycles. The zero-order valence-corrected chi connectivity index (χ0v) is 8.28. The van der Waals surface area contributed by atoms with E-state index in [0.29, 0.717) is 18.4 Å². The number of nitrogens with zero attached hydrogens (tertiary/aromatic N) is 1. The summed E-state index contributed by atoms with van der Waals surface area (Å²) in [5, 5.41) is -0.0692. The molecule has 3 N–H and O–H groups in total. The number of thioether (sulfide) groups is 1. The van der Waals surface area contributed by atoms with Crippen LogP contribution in [-0.4, -0.2) is 22.3 Å². The van der Waals surface area contributed by atoms with E-state index in [9.17, 15) is 18.0 Å². The number of halogens is 3. The molecule has 0 aliphatic heterocycles. The maximum Gasteiger partial charge on any atom is 0.433 e. The molecule has 1 aromatic heterocycles. The molecular weight excluding hydrogens is 231 g/mol. The molecule has 0 bridgehead atoms. The molecule has 0 atom stereocenters. The molecule has 0 radical (unpaired) electrons. The summed E-state index contributed by atoms with van der Waals surface area (Å²) in [5.41, 5.74) is 3.16. The number of hydrogen-bond acceptors (Lipinski definition) is 4. The van der Waals surface area contributed by atoms with Crippen LogP contribution >= 0.6 is 11.8 Å². The van der Waals surface area contributed by atoms with Crippen molar-refractivity contribution >= 4 is 11.8 Å². The summed E-state index contributed by atoms with van der Waals surface area (Å²) in [6.45, 7) is 0.296. The first kappa shape index (κ1) is 12.1. The Labute approximate surface area is 87.1 Å². The van der Waals surface area contributed by atoms with Gasteiger partial charge < -0.3 is 10.7 Å². The Hall–Kier alpha value is -1.02. The molecule has 8 heteroatoms. The van der Waals surface area contributed by atoms with E-state index in [1.54, 1.807) is 0 Å². The smallest absolute Gasteiger partial charge is 0.330 e. The Morgan fingerprint density at radius 1 is 1.53 bits per heavy atom. The number of H-pyrrole nitrogens is 1. The van der Waals surface area contributed by atoms with Crippen molar-refractivity contribution in [2.75, 3.05) is 12.3 Å². The van der Waals surface area contributed by atoms with Gasteiger partial charge in [0.25, 0.3) is 5.56 Å². The van der Waals surface area contributed by atoms with Crippen molar-refractivity contribution in [3.05, 3.63) is 22.1 Å². The van der Waals surface area contributed by atoms with Crippen molar-refractivity contribution in [1.29, 1.82) is 0 Å². The summed E-state index contributed by atoms with van der Waals surface area (Å²) in [4.78, 5) is 16.3. The van der Waals surface area contributed by atoms with Crippen LogP contribution < -0.4 is 11.3 Å².